The smallest absolute Gasteiger partial charge is 0.322 e. The fourth-order valence-corrected chi connectivity index (χ4v) is 4.50. The molecule has 1 unspecified atom stereocenters. The molecule has 0 saturated carbocycles. The molecule has 1 atom stereocenters. The predicted octanol–water partition coefficient (Wildman–Crippen LogP) is 1.98. The first kappa shape index (κ1) is 20.5. The van der Waals surface area contributed by atoms with E-state index in [2.05, 4.69) is 10.2 Å². The second-order valence-corrected chi connectivity index (χ2v) is 8.08. The van der Waals surface area contributed by atoms with Gasteiger partial charge in [-0.25, -0.2) is 4.79 Å². The molecule has 162 valence electrons. The largest absolute Gasteiger partial charge is 0.497 e. The summed E-state index contributed by atoms with van der Waals surface area (Å²) >= 11 is 0. The fraction of sp³-hybridized carbons (Fsp3) is 0.545. The van der Waals surface area contributed by atoms with Crippen LogP contribution in [0.1, 0.15) is 30.9 Å². The number of hydrogen-bond acceptors (Lipinski definition) is 5. The van der Waals surface area contributed by atoms with Gasteiger partial charge < -0.3 is 24.6 Å². The second-order valence-electron chi connectivity index (χ2n) is 8.08. The van der Waals surface area contributed by atoms with Crippen LogP contribution in [0, 0.1) is 0 Å². The SMILES string of the molecule is COc1cc(OC)cc(C2NC(=O)N(C)C3=C2C(=O)N(CCN2CCCCC2)C3)c1. The van der Waals surface area contributed by atoms with Crippen molar-refractivity contribution in [2.45, 2.75) is 25.3 Å². The zero-order chi connectivity index (χ0) is 21.3. The van der Waals surface area contributed by atoms with Crippen LogP contribution in [-0.4, -0.2) is 80.6 Å². The van der Waals surface area contributed by atoms with E-state index in [9.17, 15) is 9.59 Å². The van der Waals surface area contributed by atoms with Crippen molar-refractivity contribution in [2.75, 3.05) is 54.0 Å². The van der Waals surface area contributed by atoms with Gasteiger partial charge in [0.2, 0.25) is 0 Å². The normalized spacial score (nSPS) is 22.3. The van der Waals surface area contributed by atoms with Gasteiger partial charge in [-0.3, -0.25) is 9.69 Å². The summed E-state index contributed by atoms with van der Waals surface area (Å²) in [5.41, 5.74) is 2.17. The standard InChI is InChI=1S/C22H30N4O4/c1-24-18-14-26(10-9-25-7-5-4-6-8-25)21(27)19(18)20(23-22(24)28)15-11-16(29-2)13-17(12-15)30-3/h11-13,20H,4-10,14H2,1-3H3,(H,23,28). The van der Waals surface area contributed by atoms with Gasteiger partial charge in [0.05, 0.1) is 38.1 Å². The lowest BCUT2D eigenvalue weighted by Crippen LogP contribution is -2.45. The van der Waals surface area contributed by atoms with Crippen LogP contribution in [0.5, 0.6) is 11.5 Å². The van der Waals surface area contributed by atoms with E-state index < -0.39 is 6.04 Å². The Labute approximate surface area is 177 Å². The summed E-state index contributed by atoms with van der Waals surface area (Å²) in [7, 11) is 4.88. The van der Waals surface area contributed by atoms with Crippen LogP contribution in [0.25, 0.3) is 0 Å². The number of rotatable bonds is 6. The first-order valence-electron chi connectivity index (χ1n) is 10.5. The lowest BCUT2D eigenvalue weighted by atomic mass is 9.95. The zero-order valence-electron chi connectivity index (χ0n) is 17.9. The lowest BCUT2D eigenvalue weighted by molar-refractivity contribution is -0.126. The molecule has 1 N–H and O–H groups in total. The van der Waals surface area contributed by atoms with E-state index in [1.807, 2.05) is 17.0 Å². The maximum absolute atomic E-state index is 13.4. The van der Waals surface area contributed by atoms with E-state index in [0.29, 0.717) is 30.2 Å². The van der Waals surface area contributed by atoms with E-state index in [-0.39, 0.29) is 11.9 Å². The van der Waals surface area contributed by atoms with E-state index in [1.165, 1.54) is 19.3 Å². The summed E-state index contributed by atoms with van der Waals surface area (Å²) in [6.45, 7) is 4.20. The maximum atomic E-state index is 13.4. The Bertz CT molecular complexity index is 840. The van der Waals surface area contributed by atoms with Gasteiger partial charge in [-0.1, -0.05) is 6.42 Å². The average molecular weight is 415 g/mol. The van der Waals surface area contributed by atoms with Crippen LogP contribution in [0.3, 0.4) is 0 Å². The number of likely N-dealkylation sites (tertiary alicyclic amines) is 1. The molecular formula is C22H30N4O4. The molecule has 3 aliphatic rings. The average Bonchev–Trinajstić information content (AvgIpc) is 3.11. The molecule has 8 heteroatoms. The summed E-state index contributed by atoms with van der Waals surface area (Å²) < 4.78 is 10.8. The number of amides is 3. The monoisotopic (exact) mass is 414 g/mol. The quantitative estimate of drug-likeness (QED) is 0.771. The number of benzene rings is 1. The number of carbonyl (C=O) groups excluding carboxylic acids is 2. The molecule has 4 rings (SSSR count). The van der Waals surface area contributed by atoms with Crippen LogP contribution in [-0.2, 0) is 4.79 Å². The molecule has 1 saturated heterocycles. The topological polar surface area (TPSA) is 74.3 Å². The second kappa shape index (κ2) is 8.55. The molecule has 1 fully saturated rings. The van der Waals surface area contributed by atoms with Crippen molar-refractivity contribution in [3.63, 3.8) is 0 Å². The van der Waals surface area contributed by atoms with Gasteiger partial charge in [0.15, 0.2) is 0 Å². The summed E-state index contributed by atoms with van der Waals surface area (Å²) in [5.74, 6) is 1.22. The number of ether oxygens (including phenoxy) is 2. The van der Waals surface area contributed by atoms with Crippen molar-refractivity contribution in [2.24, 2.45) is 0 Å². The molecule has 0 radical (unpaired) electrons. The highest BCUT2D eigenvalue weighted by Crippen LogP contribution is 2.38. The molecule has 0 aromatic heterocycles. The summed E-state index contributed by atoms with van der Waals surface area (Å²) in [5, 5.41) is 2.97. The summed E-state index contributed by atoms with van der Waals surface area (Å²) in [6.07, 6.45) is 3.74. The van der Waals surface area contributed by atoms with Gasteiger partial charge in [-0.2, -0.15) is 0 Å². The molecule has 30 heavy (non-hydrogen) atoms. The number of hydrogen-bond donors (Lipinski definition) is 1. The highest BCUT2D eigenvalue weighted by atomic mass is 16.5. The van der Waals surface area contributed by atoms with Gasteiger partial charge in [0, 0.05) is 26.2 Å². The van der Waals surface area contributed by atoms with Crippen LogP contribution < -0.4 is 14.8 Å². The predicted molar refractivity (Wildman–Crippen MR) is 112 cm³/mol. The van der Waals surface area contributed by atoms with E-state index in [4.69, 9.17) is 9.47 Å². The van der Waals surface area contributed by atoms with Crippen LogP contribution in [0.4, 0.5) is 4.79 Å². The van der Waals surface area contributed by atoms with E-state index in [0.717, 1.165) is 30.9 Å². The molecule has 0 bridgehead atoms. The lowest BCUT2D eigenvalue weighted by Gasteiger charge is -2.31. The Kier molecular flexibility index (Phi) is 5.85. The number of likely N-dealkylation sites (N-methyl/N-ethyl adjacent to an activating group) is 1. The van der Waals surface area contributed by atoms with Gasteiger partial charge in [-0.15, -0.1) is 0 Å². The third-order valence-electron chi connectivity index (χ3n) is 6.28. The number of methoxy groups -OCH3 is 2. The number of nitrogens with zero attached hydrogens (tertiary/aromatic N) is 3. The van der Waals surface area contributed by atoms with Gasteiger partial charge in [0.1, 0.15) is 11.5 Å². The molecule has 1 aromatic carbocycles. The van der Waals surface area contributed by atoms with Crippen molar-refractivity contribution < 1.29 is 19.1 Å². The highest BCUT2D eigenvalue weighted by molar-refractivity contribution is 6.01. The molecule has 0 spiro atoms. The number of nitrogens with one attached hydrogen (secondary N) is 1. The van der Waals surface area contributed by atoms with Crippen molar-refractivity contribution in [3.8, 4) is 11.5 Å². The Balaban J connectivity index is 1.59. The molecule has 3 heterocycles. The first-order valence-corrected chi connectivity index (χ1v) is 10.5. The molecule has 3 amide bonds. The fourth-order valence-electron chi connectivity index (χ4n) is 4.50. The summed E-state index contributed by atoms with van der Waals surface area (Å²) in [4.78, 5) is 31.8. The maximum Gasteiger partial charge on any atom is 0.322 e. The minimum Gasteiger partial charge on any atom is -0.497 e. The Hall–Kier alpha value is -2.74. The zero-order valence-corrected chi connectivity index (χ0v) is 17.9. The van der Waals surface area contributed by atoms with Crippen LogP contribution in [0.15, 0.2) is 29.5 Å². The van der Waals surface area contributed by atoms with Gasteiger partial charge in [0.25, 0.3) is 5.91 Å². The minimum absolute atomic E-state index is 0.0133. The molecule has 3 aliphatic heterocycles. The molecular weight excluding hydrogens is 384 g/mol. The Morgan fingerprint density at radius 3 is 2.30 bits per heavy atom. The van der Waals surface area contributed by atoms with Crippen molar-refractivity contribution >= 4 is 11.9 Å². The number of carbonyl (C=O) groups is 2. The van der Waals surface area contributed by atoms with Gasteiger partial charge >= 0.3 is 6.03 Å². The van der Waals surface area contributed by atoms with Crippen molar-refractivity contribution in [1.29, 1.82) is 0 Å². The first-order chi connectivity index (χ1) is 14.5. The van der Waals surface area contributed by atoms with Crippen molar-refractivity contribution in [1.82, 2.24) is 20.0 Å². The Morgan fingerprint density at radius 2 is 1.67 bits per heavy atom. The summed E-state index contributed by atoms with van der Waals surface area (Å²) in [6, 6.07) is 4.71. The Morgan fingerprint density at radius 1 is 1.00 bits per heavy atom. The van der Waals surface area contributed by atoms with Gasteiger partial charge in [-0.05, 0) is 43.6 Å². The molecule has 0 aliphatic carbocycles. The number of piperidine rings is 1. The van der Waals surface area contributed by atoms with E-state index in [1.54, 1.807) is 32.2 Å². The minimum atomic E-state index is -0.528. The number of urea groups is 1. The third-order valence-corrected chi connectivity index (χ3v) is 6.28. The third kappa shape index (κ3) is 3.84. The van der Waals surface area contributed by atoms with E-state index >= 15 is 0 Å². The molecule has 8 nitrogen and oxygen atoms in total. The highest BCUT2D eigenvalue weighted by Gasteiger charge is 2.43. The van der Waals surface area contributed by atoms with Crippen molar-refractivity contribution in [3.05, 3.63) is 35.0 Å². The molecule has 1 aromatic rings. The van der Waals surface area contributed by atoms with Crippen LogP contribution in [0.2, 0.25) is 0 Å². The van der Waals surface area contributed by atoms with Crippen LogP contribution >= 0.6 is 0 Å².